The van der Waals surface area contributed by atoms with E-state index < -0.39 is 0 Å². The molecule has 0 aromatic heterocycles. The molecular formula is C12H17ClO2. The SMILES string of the molecule is Cc1cc(OCC(C)CO)cc(C)c1Cl. The van der Waals surface area contributed by atoms with Crippen molar-refractivity contribution in [2.75, 3.05) is 13.2 Å². The van der Waals surface area contributed by atoms with Crippen LogP contribution in [0.4, 0.5) is 0 Å². The maximum atomic E-state index is 8.86. The molecule has 1 N–H and O–H groups in total. The van der Waals surface area contributed by atoms with Gasteiger partial charge in [-0.1, -0.05) is 18.5 Å². The molecular weight excluding hydrogens is 212 g/mol. The van der Waals surface area contributed by atoms with Crippen LogP contribution >= 0.6 is 11.6 Å². The van der Waals surface area contributed by atoms with Crippen molar-refractivity contribution < 1.29 is 9.84 Å². The van der Waals surface area contributed by atoms with Crippen molar-refractivity contribution in [2.45, 2.75) is 20.8 Å². The van der Waals surface area contributed by atoms with E-state index in [-0.39, 0.29) is 12.5 Å². The van der Waals surface area contributed by atoms with Gasteiger partial charge in [0.2, 0.25) is 0 Å². The zero-order valence-electron chi connectivity index (χ0n) is 9.38. The van der Waals surface area contributed by atoms with Crippen molar-refractivity contribution in [1.29, 1.82) is 0 Å². The molecule has 0 aliphatic heterocycles. The van der Waals surface area contributed by atoms with Crippen LogP contribution in [0.5, 0.6) is 5.75 Å². The minimum atomic E-state index is 0.144. The monoisotopic (exact) mass is 228 g/mol. The third-order valence-corrected chi connectivity index (χ3v) is 2.85. The summed E-state index contributed by atoms with van der Waals surface area (Å²) in [6, 6.07) is 3.83. The van der Waals surface area contributed by atoms with Gasteiger partial charge in [0, 0.05) is 17.5 Å². The lowest BCUT2D eigenvalue weighted by atomic mass is 10.1. The summed E-state index contributed by atoms with van der Waals surface area (Å²) in [6.07, 6.45) is 0. The second-order valence-electron chi connectivity index (χ2n) is 3.97. The largest absolute Gasteiger partial charge is 0.493 e. The number of halogens is 1. The normalized spacial score (nSPS) is 12.6. The third kappa shape index (κ3) is 3.40. The zero-order chi connectivity index (χ0) is 11.4. The molecule has 0 spiro atoms. The number of hydrogen-bond donors (Lipinski definition) is 1. The third-order valence-electron chi connectivity index (χ3n) is 2.26. The highest BCUT2D eigenvalue weighted by Crippen LogP contribution is 2.25. The van der Waals surface area contributed by atoms with Gasteiger partial charge in [-0.05, 0) is 37.1 Å². The molecule has 1 unspecified atom stereocenters. The number of aliphatic hydroxyl groups is 1. The molecule has 84 valence electrons. The molecule has 1 rings (SSSR count). The average molecular weight is 229 g/mol. The minimum absolute atomic E-state index is 0.144. The summed E-state index contributed by atoms with van der Waals surface area (Å²) in [5.41, 5.74) is 2.03. The van der Waals surface area contributed by atoms with Gasteiger partial charge in [0.05, 0.1) is 6.61 Å². The van der Waals surface area contributed by atoms with Crippen LogP contribution in [0, 0.1) is 19.8 Å². The first-order valence-corrected chi connectivity index (χ1v) is 5.42. The van der Waals surface area contributed by atoms with Crippen LogP contribution in [0.25, 0.3) is 0 Å². The second kappa shape index (κ2) is 5.38. The summed E-state index contributed by atoms with van der Waals surface area (Å²) in [4.78, 5) is 0. The lowest BCUT2D eigenvalue weighted by Gasteiger charge is -2.12. The van der Waals surface area contributed by atoms with Gasteiger partial charge < -0.3 is 9.84 Å². The first-order valence-electron chi connectivity index (χ1n) is 5.05. The number of ether oxygens (including phenoxy) is 1. The van der Waals surface area contributed by atoms with Gasteiger partial charge in [-0.15, -0.1) is 0 Å². The predicted octanol–water partition coefficient (Wildman–Crippen LogP) is 2.96. The van der Waals surface area contributed by atoms with Crippen molar-refractivity contribution in [3.63, 3.8) is 0 Å². The average Bonchev–Trinajstić information content (AvgIpc) is 2.22. The van der Waals surface area contributed by atoms with E-state index in [9.17, 15) is 0 Å². The molecule has 0 saturated carbocycles. The summed E-state index contributed by atoms with van der Waals surface area (Å²) >= 11 is 6.04. The Bertz CT molecular complexity index is 313. The molecule has 0 amide bonds. The van der Waals surface area contributed by atoms with Crippen molar-refractivity contribution in [3.05, 3.63) is 28.3 Å². The Morgan fingerprint density at radius 3 is 2.33 bits per heavy atom. The standard InChI is InChI=1S/C12H17ClO2/c1-8(6-14)7-15-11-4-9(2)12(13)10(3)5-11/h4-5,8,14H,6-7H2,1-3H3. The van der Waals surface area contributed by atoms with E-state index in [0.717, 1.165) is 21.9 Å². The van der Waals surface area contributed by atoms with Gasteiger partial charge >= 0.3 is 0 Å². The maximum Gasteiger partial charge on any atom is 0.119 e. The number of aryl methyl sites for hydroxylation is 2. The van der Waals surface area contributed by atoms with Gasteiger partial charge in [-0.2, -0.15) is 0 Å². The molecule has 2 nitrogen and oxygen atoms in total. The first kappa shape index (κ1) is 12.3. The molecule has 1 aromatic carbocycles. The number of rotatable bonds is 4. The van der Waals surface area contributed by atoms with Gasteiger partial charge in [-0.25, -0.2) is 0 Å². The van der Waals surface area contributed by atoms with E-state index >= 15 is 0 Å². The Labute approximate surface area is 95.8 Å². The fraction of sp³-hybridized carbons (Fsp3) is 0.500. The Morgan fingerprint density at radius 2 is 1.87 bits per heavy atom. The molecule has 0 fully saturated rings. The summed E-state index contributed by atoms with van der Waals surface area (Å²) in [7, 11) is 0. The number of aliphatic hydroxyl groups excluding tert-OH is 1. The molecule has 0 heterocycles. The fourth-order valence-electron chi connectivity index (χ4n) is 1.28. The van der Waals surface area contributed by atoms with Crippen LogP contribution in [0.1, 0.15) is 18.1 Å². The molecule has 0 saturated heterocycles. The van der Waals surface area contributed by atoms with E-state index in [1.807, 2.05) is 32.9 Å². The maximum absolute atomic E-state index is 8.86. The highest BCUT2D eigenvalue weighted by atomic mass is 35.5. The zero-order valence-corrected chi connectivity index (χ0v) is 10.1. The molecule has 0 radical (unpaired) electrons. The van der Waals surface area contributed by atoms with E-state index in [1.54, 1.807) is 0 Å². The summed E-state index contributed by atoms with van der Waals surface area (Å²) < 4.78 is 5.56. The van der Waals surface area contributed by atoms with Crippen LogP contribution in [-0.2, 0) is 0 Å². The first-order chi connectivity index (χ1) is 7.04. The summed E-state index contributed by atoms with van der Waals surface area (Å²) in [5, 5.41) is 9.65. The Hall–Kier alpha value is -0.730. The van der Waals surface area contributed by atoms with Gasteiger partial charge in [0.15, 0.2) is 0 Å². The van der Waals surface area contributed by atoms with E-state index in [2.05, 4.69) is 0 Å². The number of benzene rings is 1. The quantitative estimate of drug-likeness (QED) is 0.859. The lowest BCUT2D eigenvalue weighted by molar-refractivity contribution is 0.174. The Kier molecular flexibility index (Phi) is 4.43. The molecule has 15 heavy (non-hydrogen) atoms. The van der Waals surface area contributed by atoms with E-state index in [4.69, 9.17) is 21.4 Å². The van der Waals surface area contributed by atoms with Gasteiger partial charge in [0.25, 0.3) is 0 Å². The molecule has 3 heteroatoms. The van der Waals surface area contributed by atoms with Crippen LogP contribution in [-0.4, -0.2) is 18.3 Å². The number of hydrogen-bond acceptors (Lipinski definition) is 2. The van der Waals surface area contributed by atoms with Gasteiger partial charge in [-0.3, -0.25) is 0 Å². The van der Waals surface area contributed by atoms with Crippen molar-refractivity contribution >= 4 is 11.6 Å². The van der Waals surface area contributed by atoms with Gasteiger partial charge in [0.1, 0.15) is 5.75 Å². The molecule has 0 aliphatic rings. The fourth-order valence-corrected chi connectivity index (χ4v) is 1.39. The lowest BCUT2D eigenvalue weighted by Crippen LogP contribution is -2.12. The highest BCUT2D eigenvalue weighted by molar-refractivity contribution is 6.32. The topological polar surface area (TPSA) is 29.5 Å². The van der Waals surface area contributed by atoms with Crippen LogP contribution in [0.15, 0.2) is 12.1 Å². The molecule has 1 atom stereocenters. The highest BCUT2D eigenvalue weighted by Gasteiger charge is 2.05. The molecule has 0 bridgehead atoms. The summed E-state index contributed by atoms with van der Waals surface area (Å²) in [5.74, 6) is 0.969. The minimum Gasteiger partial charge on any atom is -0.493 e. The van der Waals surface area contributed by atoms with Crippen molar-refractivity contribution in [3.8, 4) is 5.75 Å². The van der Waals surface area contributed by atoms with E-state index in [1.165, 1.54) is 0 Å². The van der Waals surface area contributed by atoms with Crippen LogP contribution < -0.4 is 4.74 Å². The second-order valence-corrected chi connectivity index (χ2v) is 4.35. The van der Waals surface area contributed by atoms with Crippen LogP contribution in [0.2, 0.25) is 5.02 Å². The molecule has 1 aromatic rings. The van der Waals surface area contributed by atoms with E-state index in [0.29, 0.717) is 6.61 Å². The Morgan fingerprint density at radius 1 is 1.33 bits per heavy atom. The summed E-state index contributed by atoms with van der Waals surface area (Å²) in [6.45, 7) is 6.52. The predicted molar refractivity (Wildman–Crippen MR) is 62.7 cm³/mol. The van der Waals surface area contributed by atoms with Crippen molar-refractivity contribution in [1.82, 2.24) is 0 Å². The smallest absolute Gasteiger partial charge is 0.119 e. The molecule has 0 aliphatic carbocycles. The Balaban J connectivity index is 2.70. The van der Waals surface area contributed by atoms with Crippen LogP contribution in [0.3, 0.4) is 0 Å². The van der Waals surface area contributed by atoms with Crippen molar-refractivity contribution in [2.24, 2.45) is 5.92 Å².